The van der Waals surface area contributed by atoms with Crippen molar-refractivity contribution in [1.29, 1.82) is 0 Å². The molecule has 0 amide bonds. The highest BCUT2D eigenvalue weighted by Crippen LogP contribution is 2.43. The monoisotopic (exact) mass is 608 g/mol. The molecule has 3 aromatic carbocycles. The van der Waals surface area contributed by atoms with Crippen molar-refractivity contribution in [3.8, 4) is 11.5 Å². The third-order valence-corrected chi connectivity index (χ3v) is 7.90. The average molecular weight is 609 g/mol. The van der Waals surface area contributed by atoms with Crippen LogP contribution < -0.4 is 9.47 Å². The van der Waals surface area contributed by atoms with E-state index in [4.69, 9.17) is 18.9 Å². The Morgan fingerprint density at radius 1 is 0.933 bits per heavy atom. The van der Waals surface area contributed by atoms with Crippen LogP contribution in [0.5, 0.6) is 11.5 Å². The van der Waals surface area contributed by atoms with Crippen LogP contribution in [0, 0.1) is 0 Å². The zero-order chi connectivity index (χ0) is 31.4. The van der Waals surface area contributed by atoms with E-state index in [-0.39, 0.29) is 6.61 Å². The van der Waals surface area contributed by atoms with Gasteiger partial charge in [0.2, 0.25) is 0 Å². The number of hydrogen-bond acceptors (Lipinski definition) is 9. The number of nitrogens with zero attached hydrogens (tertiary/aromatic N) is 6. The molecule has 1 fully saturated rings. The van der Waals surface area contributed by atoms with E-state index < -0.39 is 24.0 Å². The molecule has 232 valence electrons. The number of aromatic nitrogens is 4. The van der Waals surface area contributed by atoms with Crippen molar-refractivity contribution < 1.29 is 24.1 Å². The van der Waals surface area contributed by atoms with Crippen molar-refractivity contribution in [3.63, 3.8) is 0 Å². The summed E-state index contributed by atoms with van der Waals surface area (Å²) in [7, 11) is 7.05. The summed E-state index contributed by atoms with van der Waals surface area (Å²) in [6.07, 6.45) is 3.11. The summed E-state index contributed by atoms with van der Waals surface area (Å²) in [6.45, 7) is 0.0944. The second kappa shape index (κ2) is 13.0. The SMILES string of the molecule is COc1ccc(C(OC[C@H]2O[C@@H](n3ncc4c(N=CN(C)C)ncnc43)C[C@@H]2O)(c2ccccc2)c2ccc(OC)cc2)cc1. The van der Waals surface area contributed by atoms with Gasteiger partial charge in [-0.05, 0) is 41.0 Å². The molecule has 0 radical (unpaired) electrons. The van der Waals surface area contributed by atoms with Crippen molar-refractivity contribution in [1.82, 2.24) is 24.6 Å². The second-order valence-corrected chi connectivity index (χ2v) is 11.0. The lowest BCUT2D eigenvalue weighted by atomic mass is 9.80. The molecule has 1 saturated heterocycles. The fraction of sp³-hybridized carbons (Fsp3) is 0.294. The van der Waals surface area contributed by atoms with Gasteiger partial charge in [-0.3, -0.25) is 0 Å². The van der Waals surface area contributed by atoms with Crippen LogP contribution in [-0.4, -0.2) is 83.2 Å². The molecule has 0 unspecified atom stereocenters. The first kappa shape index (κ1) is 30.2. The molecule has 1 N–H and O–H groups in total. The van der Waals surface area contributed by atoms with Crippen molar-refractivity contribution in [2.45, 2.75) is 30.5 Å². The number of aliphatic hydroxyl groups excluding tert-OH is 1. The molecule has 6 rings (SSSR count). The summed E-state index contributed by atoms with van der Waals surface area (Å²) in [5.74, 6) is 1.97. The lowest BCUT2D eigenvalue weighted by molar-refractivity contribution is -0.0949. The van der Waals surface area contributed by atoms with Crippen LogP contribution in [0.15, 0.2) is 96.4 Å². The van der Waals surface area contributed by atoms with Crippen molar-refractivity contribution in [3.05, 3.63) is 108 Å². The standard InChI is InChI=1S/C34H36N6O5/c1-39(2)22-37-32-28-19-38-40(33(28)36-21-35-32)31-18-29(41)30(45-31)20-44-34(23-8-6-5-7-9-23,24-10-14-26(42-3)15-11-24)25-12-16-27(43-4)17-13-25/h5-17,19,21-22,29-31,41H,18,20H2,1-4H3/t29-,30+,31+/m0/s1. The number of aliphatic hydroxyl groups is 1. The van der Waals surface area contributed by atoms with Crippen LogP contribution in [0.2, 0.25) is 0 Å². The van der Waals surface area contributed by atoms with E-state index in [0.717, 1.165) is 28.2 Å². The first-order valence-corrected chi connectivity index (χ1v) is 14.6. The Hall–Kier alpha value is -4.84. The van der Waals surface area contributed by atoms with Crippen LogP contribution >= 0.6 is 0 Å². The summed E-state index contributed by atoms with van der Waals surface area (Å²) in [6, 6.07) is 25.7. The maximum absolute atomic E-state index is 11.2. The van der Waals surface area contributed by atoms with Crippen LogP contribution in [0.3, 0.4) is 0 Å². The van der Waals surface area contributed by atoms with E-state index in [0.29, 0.717) is 23.3 Å². The first-order chi connectivity index (χ1) is 21.9. The molecule has 3 atom stereocenters. The molecule has 0 aliphatic carbocycles. The van der Waals surface area contributed by atoms with Gasteiger partial charge in [-0.2, -0.15) is 5.10 Å². The van der Waals surface area contributed by atoms with Gasteiger partial charge >= 0.3 is 0 Å². The number of hydrogen-bond donors (Lipinski definition) is 1. The number of benzene rings is 3. The average Bonchev–Trinajstić information content (AvgIpc) is 3.68. The zero-order valence-electron chi connectivity index (χ0n) is 25.6. The number of methoxy groups -OCH3 is 2. The Bertz CT molecular complexity index is 1690. The number of aliphatic imine (C=N–C) groups is 1. The van der Waals surface area contributed by atoms with Gasteiger partial charge < -0.3 is 29.0 Å². The molecule has 11 heteroatoms. The van der Waals surface area contributed by atoms with E-state index in [1.807, 2.05) is 97.9 Å². The summed E-state index contributed by atoms with van der Waals surface area (Å²) in [5, 5.41) is 16.5. The topological polar surface area (TPSA) is 116 Å². The molecule has 5 aromatic rings. The summed E-state index contributed by atoms with van der Waals surface area (Å²) >= 11 is 0. The highest BCUT2D eigenvalue weighted by molar-refractivity contribution is 5.86. The fourth-order valence-electron chi connectivity index (χ4n) is 5.63. The summed E-state index contributed by atoms with van der Waals surface area (Å²) < 4.78 is 26.0. The highest BCUT2D eigenvalue weighted by Gasteiger charge is 2.42. The molecule has 2 aromatic heterocycles. The predicted molar refractivity (Wildman–Crippen MR) is 170 cm³/mol. The van der Waals surface area contributed by atoms with Gasteiger partial charge in [0.15, 0.2) is 17.7 Å². The molecule has 0 bridgehead atoms. The lowest BCUT2D eigenvalue weighted by Gasteiger charge is -2.37. The van der Waals surface area contributed by atoms with Crippen LogP contribution in [0.4, 0.5) is 5.82 Å². The van der Waals surface area contributed by atoms with E-state index >= 15 is 0 Å². The van der Waals surface area contributed by atoms with Gasteiger partial charge in [0, 0.05) is 20.5 Å². The zero-order valence-corrected chi connectivity index (χ0v) is 25.6. The van der Waals surface area contributed by atoms with Gasteiger partial charge in [0.25, 0.3) is 0 Å². The van der Waals surface area contributed by atoms with Crippen LogP contribution in [-0.2, 0) is 15.1 Å². The highest BCUT2D eigenvalue weighted by atomic mass is 16.6. The smallest absolute Gasteiger partial charge is 0.167 e. The number of fused-ring (bicyclic) bond motifs is 1. The summed E-state index contributed by atoms with van der Waals surface area (Å²) in [5.41, 5.74) is 2.25. The Kier molecular flexibility index (Phi) is 8.74. The van der Waals surface area contributed by atoms with Crippen LogP contribution in [0.25, 0.3) is 11.0 Å². The number of rotatable bonds is 11. The normalized spacial score (nSPS) is 18.5. The molecular weight excluding hydrogens is 572 g/mol. The van der Waals surface area contributed by atoms with Gasteiger partial charge in [-0.15, -0.1) is 0 Å². The fourth-order valence-corrected chi connectivity index (χ4v) is 5.63. The minimum Gasteiger partial charge on any atom is -0.497 e. The molecule has 0 spiro atoms. The Morgan fingerprint density at radius 3 is 2.16 bits per heavy atom. The quantitative estimate of drug-likeness (QED) is 0.129. The summed E-state index contributed by atoms with van der Waals surface area (Å²) in [4.78, 5) is 15.0. The molecule has 3 heterocycles. The molecular formula is C34H36N6O5. The third-order valence-electron chi connectivity index (χ3n) is 7.90. The molecule has 45 heavy (non-hydrogen) atoms. The van der Waals surface area contributed by atoms with Gasteiger partial charge in [-0.25, -0.2) is 19.6 Å². The van der Waals surface area contributed by atoms with Crippen LogP contribution in [0.1, 0.15) is 29.3 Å². The predicted octanol–water partition coefficient (Wildman–Crippen LogP) is 4.72. The third kappa shape index (κ3) is 5.97. The maximum Gasteiger partial charge on any atom is 0.167 e. The maximum atomic E-state index is 11.2. The Balaban J connectivity index is 1.33. The minimum absolute atomic E-state index is 0.0944. The largest absolute Gasteiger partial charge is 0.497 e. The lowest BCUT2D eigenvalue weighted by Crippen LogP contribution is -2.38. The molecule has 11 nitrogen and oxygen atoms in total. The van der Waals surface area contributed by atoms with E-state index in [9.17, 15) is 5.11 Å². The van der Waals surface area contributed by atoms with Crippen molar-refractivity contribution in [2.24, 2.45) is 4.99 Å². The Labute approximate surface area is 261 Å². The van der Waals surface area contributed by atoms with Gasteiger partial charge in [0.1, 0.15) is 29.5 Å². The first-order valence-electron chi connectivity index (χ1n) is 14.6. The molecule has 1 aliphatic rings. The van der Waals surface area contributed by atoms with Gasteiger partial charge in [0.05, 0.1) is 44.9 Å². The molecule has 0 saturated carbocycles. The van der Waals surface area contributed by atoms with Crippen molar-refractivity contribution in [2.75, 3.05) is 34.9 Å². The molecule has 1 aliphatic heterocycles. The van der Waals surface area contributed by atoms with E-state index in [1.165, 1.54) is 6.33 Å². The van der Waals surface area contributed by atoms with E-state index in [1.54, 1.807) is 31.4 Å². The number of ether oxygens (including phenoxy) is 4. The minimum atomic E-state index is -1.04. The second-order valence-electron chi connectivity index (χ2n) is 11.0. The van der Waals surface area contributed by atoms with Gasteiger partial charge in [-0.1, -0.05) is 54.6 Å². The van der Waals surface area contributed by atoms with Crippen molar-refractivity contribution >= 4 is 23.2 Å². The van der Waals surface area contributed by atoms with E-state index in [2.05, 4.69) is 20.1 Å². The Morgan fingerprint density at radius 2 is 1.56 bits per heavy atom.